The van der Waals surface area contributed by atoms with Crippen molar-refractivity contribution in [3.8, 4) is 0 Å². The molecule has 1 fully saturated rings. The molecule has 1 N–H and O–H groups in total. The van der Waals surface area contributed by atoms with Crippen LogP contribution in [0.4, 0.5) is 18.9 Å². The van der Waals surface area contributed by atoms with Crippen LogP contribution in [0.15, 0.2) is 24.3 Å². The van der Waals surface area contributed by atoms with Crippen molar-refractivity contribution in [1.29, 1.82) is 0 Å². The Morgan fingerprint density at radius 2 is 1.85 bits per heavy atom. The van der Waals surface area contributed by atoms with Gasteiger partial charge >= 0.3 is 12.1 Å². The maximum Gasteiger partial charge on any atom is 0.471 e. The second kappa shape index (κ2) is 4.77. The highest BCUT2D eigenvalue weighted by Crippen LogP contribution is 2.48. The number of carbonyl (C=O) groups excluding carboxylic acids is 1. The first-order valence-electron chi connectivity index (χ1n) is 5.85. The summed E-state index contributed by atoms with van der Waals surface area (Å²) in [6.07, 6.45) is -3.61. The van der Waals surface area contributed by atoms with Crippen molar-refractivity contribution >= 4 is 11.6 Å². The largest absolute Gasteiger partial charge is 0.471 e. The molecule has 108 valence electrons. The van der Waals surface area contributed by atoms with E-state index in [4.69, 9.17) is 0 Å². The van der Waals surface area contributed by atoms with Gasteiger partial charge in [0.05, 0.1) is 4.92 Å². The van der Waals surface area contributed by atoms with E-state index in [1.807, 2.05) is 5.32 Å². The lowest BCUT2D eigenvalue weighted by Gasteiger charge is -2.17. The lowest BCUT2D eigenvalue weighted by Crippen LogP contribution is -2.40. The van der Waals surface area contributed by atoms with Gasteiger partial charge in [0.25, 0.3) is 5.69 Å². The van der Waals surface area contributed by atoms with E-state index < -0.39 is 22.4 Å². The molecule has 5 nitrogen and oxygen atoms in total. The lowest BCUT2D eigenvalue weighted by molar-refractivity contribution is -0.384. The van der Waals surface area contributed by atoms with Crippen molar-refractivity contribution in [2.75, 3.05) is 6.54 Å². The maximum absolute atomic E-state index is 12.1. The predicted molar refractivity (Wildman–Crippen MR) is 63.1 cm³/mol. The van der Waals surface area contributed by atoms with E-state index in [1.165, 1.54) is 24.3 Å². The summed E-state index contributed by atoms with van der Waals surface area (Å²) in [5, 5.41) is 12.4. The molecule has 1 amide bonds. The van der Waals surface area contributed by atoms with Crippen LogP contribution in [0, 0.1) is 10.1 Å². The van der Waals surface area contributed by atoms with Gasteiger partial charge in [0.15, 0.2) is 0 Å². The maximum atomic E-state index is 12.1. The second-order valence-corrected chi connectivity index (χ2v) is 4.76. The Morgan fingerprint density at radius 3 is 2.25 bits per heavy atom. The number of nitro groups is 1. The summed E-state index contributed by atoms with van der Waals surface area (Å²) in [4.78, 5) is 20.8. The quantitative estimate of drug-likeness (QED) is 0.682. The van der Waals surface area contributed by atoms with Gasteiger partial charge in [-0.15, -0.1) is 0 Å². The van der Waals surface area contributed by atoms with Gasteiger partial charge < -0.3 is 5.32 Å². The average molecular weight is 288 g/mol. The van der Waals surface area contributed by atoms with Crippen molar-refractivity contribution in [2.45, 2.75) is 24.4 Å². The van der Waals surface area contributed by atoms with Gasteiger partial charge in [0.1, 0.15) is 0 Å². The SMILES string of the molecule is O=C(NCC1(c2ccc([N+](=O)[O-])cc2)CC1)C(F)(F)F. The number of nitrogens with zero attached hydrogens (tertiary/aromatic N) is 1. The normalized spacial score (nSPS) is 16.6. The standard InChI is InChI=1S/C12H11F3N2O3/c13-12(14,15)10(18)16-7-11(5-6-11)8-1-3-9(4-2-8)17(19)20/h1-4H,5-7H2,(H,16,18). The molecule has 0 radical (unpaired) electrons. The van der Waals surface area contributed by atoms with Crippen molar-refractivity contribution in [3.05, 3.63) is 39.9 Å². The van der Waals surface area contributed by atoms with Crippen LogP contribution in [-0.4, -0.2) is 23.6 Å². The van der Waals surface area contributed by atoms with Crippen LogP contribution in [0.1, 0.15) is 18.4 Å². The molecule has 1 aromatic carbocycles. The molecule has 0 spiro atoms. The van der Waals surface area contributed by atoms with Crippen LogP contribution in [-0.2, 0) is 10.2 Å². The van der Waals surface area contributed by atoms with Gasteiger partial charge in [-0.3, -0.25) is 14.9 Å². The summed E-state index contributed by atoms with van der Waals surface area (Å²) in [6, 6.07) is 5.65. The first kappa shape index (κ1) is 14.3. The molecule has 0 unspecified atom stereocenters. The first-order valence-corrected chi connectivity index (χ1v) is 5.85. The third-order valence-electron chi connectivity index (χ3n) is 3.39. The molecule has 0 aromatic heterocycles. The van der Waals surface area contributed by atoms with E-state index >= 15 is 0 Å². The summed E-state index contributed by atoms with van der Waals surface area (Å²) in [5.41, 5.74) is 0.0882. The molecule has 2 rings (SSSR count). The molecule has 8 heteroatoms. The number of nitrogens with one attached hydrogen (secondary N) is 1. The first-order chi connectivity index (χ1) is 9.24. The number of benzene rings is 1. The highest BCUT2D eigenvalue weighted by Gasteiger charge is 2.47. The van der Waals surface area contributed by atoms with E-state index in [1.54, 1.807) is 0 Å². The van der Waals surface area contributed by atoms with Crippen LogP contribution >= 0.6 is 0 Å². The highest BCUT2D eigenvalue weighted by atomic mass is 19.4. The highest BCUT2D eigenvalue weighted by molar-refractivity contribution is 5.81. The Bertz CT molecular complexity index is 536. The van der Waals surface area contributed by atoms with Gasteiger partial charge in [-0.2, -0.15) is 13.2 Å². The van der Waals surface area contributed by atoms with Crippen LogP contribution in [0.3, 0.4) is 0 Å². The van der Waals surface area contributed by atoms with E-state index in [2.05, 4.69) is 0 Å². The molecule has 0 bridgehead atoms. The Morgan fingerprint density at radius 1 is 1.30 bits per heavy atom. The van der Waals surface area contributed by atoms with Gasteiger partial charge in [0.2, 0.25) is 0 Å². The lowest BCUT2D eigenvalue weighted by atomic mass is 9.95. The van der Waals surface area contributed by atoms with Crippen molar-refractivity contribution in [1.82, 2.24) is 5.32 Å². The molecule has 0 heterocycles. The summed E-state index contributed by atoms with van der Waals surface area (Å²) >= 11 is 0. The van der Waals surface area contributed by atoms with E-state index in [0.29, 0.717) is 18.4 Å². The summed E-state index contributed by atoms with van der Waals surface area (Å²) in [6.45, 7) is -0.122. The van der Waals surface area contributed by atoms with Crippen LogP contribution in [0.25, 0.3) is 0 Å². The molecule has 1 aliphatic carbocycles. The number of carbonyl (C=O) groups is 1. The number of hydrogen-bond acceptors (Lipinski definition) is 3. The molecular weight excluding hydrogens is 277 g/mol. The molecule has 0 saturated heterocycles. The zero-order valence-corrected chi connectivity index (χ0v) is 10.2. The zero-order chi connectivity index (χ0) is 15.0. The predicted octanol–water partition coefficient (Wildman–Crippen LogP) is 2.30. The third-order valence-corrected chi connectivity index (χ3v) is 3.39. The van der Waals surface area contributed by atoms with Crippen molar-refractivity contribution < 1.29 is 22.9 Å². The van der Waals surface area contributed by atoms with Gasteiger partial charge in [-0.25, -0.2) is 0 Å². The van der Waals surface area contributed by atoms with Crippen LogP contribution in [0.5, 0.6) is 0 Å². The second-order valence-electron chi connectivity index (χ2n) is 4.76. The molecule has 1 aliphatic rings. The van der Waals surface area contributed by atoms with Crippen LogP contribution < -0.4 is 5.32 Å². The molecule has 0 atom stereocenters. The number of hydrogen-bond donors (Lipinski definition) is 1. The number of halogens is 3. The minimum Gasteiger partial charge on any atom is -0.347 e. The third kappa shape index (κ3) is 2.89. The van der Waals surface area contributed by atoms with Gasteiger partial charge in [0, 0.05) is 24.1 Å². The fourth-order valence-electron chi connectivity index (χ4n) is 2.00. The number of non-ortho nitro benzene ring substituents is 1. The summed E-state index contributed by atoms with van der Waals surface area (Å²) in [5.74, 6) is -1.97. The minimum atomic E-state index is -4.90. The Hall–Kier alpha value is -2.12. The van der Waals surface area contributed by atoms with Crippen molar-refractivity contribution in [3.63, 3.8) is 0 Å². The van der Waals surface area contributed by atoms with Crippen LogP contribution in [0.2, 0.25) is 0 Å². The molecule has 1 aromatic rings. The summed E-state index contributed by atoms with van der Waals surface area (Å²) < 4.78 is 36.3. The average Bonchev–Trinajstić information content (AvgIpc) is 3.16. The zero-order valence-electron chi connectivity index (χ0n) is 10.2. The molecule has 20 heavy (non-hydrogen) atoms. The Balaban J connectivity index is 2.04. The number of alkyl halides is 3. The Kier molecular flexibility index (Phi) is 3.41. The smallest absolute Gasteiger partial charge is 0.347 e. The van der Waals surface area contributed by atoms with Crippen molar-refractivity contribution in [2.24, 2.45) is 0 Å². The summed E-state index contributed by atoms with van der Waals surface area (Å²) in [7, 11) is 0. The van der Waals surface area contributed by atoms with E-state index in [0.717, 1.165) is 0 Å². The van der Waals surface area contributed by atoms with Gasteiger partial charge in [-0.1, -0.05) is 12.1 Å². The monoisotopic (exact) mass is 288 g/mol. The Labute approximate surface area is 111 Å². The molecule has 1 saturated carbocycles. The van der Waals surface area contributed by atoms with Gasteiger partial charge in [-0.05, 0) is 18.4 Å². The number of amides is 1. The fraction of sp³-hybridized carbons (Fsp3) is 0.417. The molecule has 0 aliphatic heterocycles. The number of nitro benzene ring substituents is 1. The fourth-order valence-corrected chi connectivity index (χ4v) is 2.00. The topological polar surface area (TPSA) is 72.2 Å². The molecular formula is C12H11F3N2O3. The minimum absolute atomic E-state index is 0.0797. The van der Waals surface area contributed by atoms with E-state index in [-0.39, 0.29) is 12.2 Å². The number of rotatable bonds is 4. The van der Waals surface area contributed by atoms with E-state index in [9.17, 15) is 28.1 Å².